The Hall–Kier alpha value is -2.26. The summed E-state index contributed by atoms with van der Waals surface area (Å²) in [7, 11) is 0. The number of carbonyl (C=O) groups excluding carboxylic acids is 1. The number of nitrogens with zero attached hydrogens (tertiary/aromatic N) is 1. The van der Waals surface area contributed by atoms with Gasteiger partial charge in [0.1, 0.15) is 0 Å². The second-order valence-corrected chi connectivity index (χ2v) is 6.42. The molecule has 2 aromatic rings. The van der Waals surface area contributed by atoms with Crippen LogP contribution >= 0.6 is 11.6 Å². The predicted octanol–water partition coefficient (Wildman–Crippen LogP) is 4.43. The maximum absolute atomic E-state index is 12.2. The monoisotopic (exact) mass is 324 g/mol. The largest absolute Gasteiger partial charge is 0.372 e. The maximum atomic E-state index is 12.2. The normalized spacial score (nSPS) is 18.4. The molecule has 1 amide bonds. The van der Waals surface area contributed by atoms with E-state index < -0.39 is 0 Å². The zero-order valence-corrected chi connectivity index (χ0v) is 13.4. The van der Waals surface area contributed by atoms with Crippen LogP contribution in [0.25, 0.3) is 11.6 Å². The van der Waals surface area contributed by atoms with Gasteiger partial charge in [-0.25, -0.2) is 0 Å². The number of halogens is 1. The van der Waals surface area contributed by atoms with Crippen molar-refractivity contribution in [1.29, 1.82) is 0 Å². The van der Waals surface area contributed by atoms with Crippen LogP contribution in [0.4, 0.5) is 11.4 Å². The maximum Gasteiger partial charge on any atom is 0.256 e. The van der Waals surface area contributed by atoms with Crippen LogP contribution in [-0.2, 0) is 4.79 Å². The number of anilines is 2. The first-order chi connectivity index (χ1) is 11.2. The van der Waals surface area contributed by atoms with Crippen molar-refractivity contribution in [3.63, 3.8) is 0 Å². The average molecular weight is 325 g/mol. The summed E-state index contributed by atoms with van der Waals surface area (Å²) in [4.78, 5) is 14.6. The Morgan fingerprint density at radius 1 is 1.04 bits per heavy atom. The molecule has 2 aliphatic rings. The van der Waals surface area contributed by atoms with Crippen molar-refractivity contribution < 1.29 is 4.79 Å². The lowest BCUT2D eigenvalue weighted by molar-refractivity contribution is -0.110. The van der Waals surface area contributed by atoms with Gasteiger partial charge in [-0.2, -0.15) is 0 Å². The summed E-state index contributed by atoms with van der Waals surface area (Å²) in [5.41, 5.74) is 4.62. The Balaban J connectivity index is 1.65. The van der Waals surface area contributed by atoms with Crippen molar-refractivity contribution in [2.75, 3.05) is 23.3 Å². The Labute approximate surface area is 140 Å². The summed E-state index contributed by atoms with van der Waals surface area (Å²) in [5, 5.41) is 3.51. The van der Waals surface area contributed by atoms with E-state index in [1.807, 2.05) is 18.2 Å². The zero-order chi connectivity index (χ0) is 15.8. The first-order valence-electron chi connectivity index (χ1n) is 7.89. The molecular weight excluding hydrogens is 308 g/mol. The Kier molecular flexibility index (Phi) is 3.58. The van der Waals surface area contributed by atoms with E-state index in [0.29, 0.717) is 10.6 Å². The van der Waals surface area contributed by atoms with Gasteiger partial charge in [-0.1, -0.05) is 23.7 Å². The van der Waals surface area contributed by atoms with Gasteiger partial charge in [0.25, 0.3) is 5.91 Å². The summed E-state index contributed by atoms with van der Waals surface area (Å²) in [6, 6.07) is 13.8. The van der Waals surface area contributed by atoms with E-state index in [4.69, 9.17) is 11.6 Å². The minimum Gasteiger partial charge on any atom is -0.372 e. The van der Waals surface area contributed by atoms with Crippen molar-refractivity contribution in [3.05, 3.63) is 58.6 Å². The van der Waals surface area contributed by atoms with Gasteiger partial charge < -0.3 is 10.2 Å². The molecule has 1 N–H and O–H groups in total. The Morgan fingerprint density at radius 2 is 1.78 bits per heavy atom. The molecule has 2 heterocycles. The standard InChI is InChI=1S/C19H17ClN2O/c20-14-5-8-18-16(12-14)17(19(23)21-18)11-13-3-6-15(7-4-13)22-9-1-2-10-22/h3-8,11-12H,1-2,9-10H2,(H,21,23). The highest BCUT2D eigenvalue weighted by Crippen LogP contribution is 2.35. The summed E-state index contributed by atoms with van der Waals surface area (Å²) >= 11 is 6.06. The number of carbonyl (C=O) groups is 1. The molecule has 0 aliphatic carbocycles. The van der Waals surface area contributed by atoms with Crippen LogP contribution in [-0.4, -0.2) is 19.0 Å². The average Bonchev–Trinajstić information content (AvgIpc) is 3.18. The van der Waals surface area contributed by atoms with Crippen molar-refractivity contribution in [1.82, 2.24) is 0 Å². The lowest BCUT2D eigenvalue weighted by atomic mass is 10.0. The van der Waals surface area contributed by atoms with Gasteiger partial charge in [0.15, 0.2) is 0 Å². The molecule has 2 aromatic carbocycles. The molecule has 1 saturated heterocycles. The van der Waals surface area contributed by atoms with Gasteiger partial charge in [0, 0.05) is 40.6 Å². The number of nitrogens with one attached hydrogen (secondary N) is 1. The molecule has 0 atom stereocenters. The quantitative estimate of drug-likeness (QED) is 0.829. The fourth-order valence-corrected chi connectivity index (χ4v) is 3.40. The molecule has 0 saturated carbocycles. The van der Waals surface area contributed by atoms with E-state index in [0.717, 1.165) is 29.9 Å². The molecule has 4 rings (SSSR count). The van der Waals surface area contributed by atoms with Crippen LogP contribution in [0.15, 0.2) is 42.5 Å². The predicted molar refractivity (Wildman–Crippen MR) is 95.8 cm³/mol. The molecule has 0 bridgehead atoms. The zero-order valence-electron chi connectivity index (χ0n) is 12.7. The topological polar surface area (TPSA) is 32.3 Å². The highest BCUT2D eigenvalue weighted by Gasteiger charge is 2.24. The van der Waals surface area contributed by atoms with Crippen molar-refractivity contribution >= 4 is 40.5 Å². The van der Waals surface area contributed by atoms with Crippen molar-refractivity contribution in [2.45, 2.75) is 12.8 Å². The fourth-order valence-electron chi connectivity index (χ4n) is 3.23. The minimum absolute atomic E-state index is 0.0779. The molecule has 116 valence electrons. The fraction of sp³-hybridized carbons (Fsp3) is 0.211. The lowest BCUT2D eigenvalue weighted by Gasteiger charge is -2.17. The Morgan fingerprint density at radius 3 is 2.52 bits per heavy atom. The van der Waals surface area contributed by atoms with Gasteiger partial charge >= 0.3 is 0 Å². The van der Waals surface area contributed by atoms with Crippen molar-refractivity contribution in [3.8, 4) is 0 Å². The SMILES string of the molecule is O=C1Nc2ccc(Cl)cc2C1=Cc1ccc(N2CCCC2)cc1. The van der Waals surface area contributed by atoms with Gasteiger partial charge in [-0.3, -0.25) is 4.79 Å². The summed E-state index contributed by atoms with van der Waals surface area (Å²) in [6.45, 7) is 2.27. The molecule has 0 aromatic heterocycles. The van der Waals surface area contributed by atoms with E-state index >= 15 is 0 Å². The number of amides is 1. The van der Waals surface area contributed by atoms with Crippen LogP contribution in [0.5, 0.6) is 0 Å². The highest BCUT2D eigenvalue weighted by molar-refractivity contribution is 6.36. The molecule has 1 fully saturated rings. The second kappa shape index (κ2) is 5.74. The molecule has 0 spiro atoms. The van der Waals surface area contributed by atoms with E-state index in [-0.39, 0.29) is 5.91 Å². The Bertz CT molecular complexity index is 790. The van der Waals surface area contributed by atoms with E-state index in [2.05, 4.69) is 34.5 Å². The first kappa shape index (κ1) is 14.3. The van der Waals surface area contributed by atoms with Crippen LogP contribution in [0.2, 0.25) is 5.02 Å². The molecule has 0 radical (unpaired) electrons. The molecule has 0 unspecified atom stereocenters. The van der Waals surface area contributed by atoms with Gasteiger partial charge in [-0.05, 0) is 54.8 Å². The number of hydrogen-bond acceptors (Lipinski definition) is 2. The molecular formula is C19H17ClN2O. The van der Waals surface area contributed by atoms with E-state index in [1.54, 1.807) is 6.07 Å². The summed E-state index contributed by atoms with van der Waals surface area (Å²) in [5.74, 6) is -0.0779. The lowest BCUT2D eigenvalue weighted by Crippen LogP contribution is -2.17. The molecule has 23 heavy (non-hydrogen) atoms. The minimum atomic E-state index is -0.0779. The molecule has 2 aliphatic heterocycles. The summed E-state index contributed by atoms with van der Waals surface area (Å²) < 4.78 is 0. The van der Waals surface area contributed by atoms with Crippen LogP contribution in [0.3, 0.4) is 0 Å². The third kappa shape index (κ3) is 2.73. The van der Waals surface area contributed by atoms with E-state index in [9.17, 15) is 4.79 Å². The second-order valence-electron chi connectivity index (χ2n) is 5.99. The number of rotatable bonds is 2. The third-order valence-electron chi connectivity index (χ3n) is 4.44. The van der Waals surface area contributed by atoms with Crippen LogP contribution in [0, 0.1) is 0 Å². The van der Waals surface area contributed by atoms with Crippen molar-refractivity contribution in [2.24, 2.45) is 0 Å². The van der Waals surface area contributed by atoms with Gasteiger partial charge in [-0.15, -0.1) is 0 Å². The highest BCUT2D eigenvalue weighted by atomic mass is 35.5. The van der Waals surface area contributed by atoms with E-state index in [1.165, 1.54) is 18.5 Å². The van der Waals surface area contributed by atoms with Crippen LogP contribution in [0.1, 0.15) is 24.0 Å². The number of hydrogen-bond donors (Lipinski definition) is 1. The third-order valence-corrected chi connectivity index (χ3v) is 4.68. The molecule has 4 heteroatoms. The first-order valence-corrected chi connectivity index (χ1v) is 8.26. The molecule has 3 nitrogen and oxygen atoms in total. The summed E-state index contributed by atoms with van der Waals surface area (Å²) in [6.07, 6.45) is 4.46. The number of fused-ring (bicyclic) bond motifs is 1. The van der Waals surface area contributed by atoms with Gasteiger partial charge in [0.05, 0.1) is 0 Å². The van der Waals surface area contributed by atoms with Gasteiger partial charge in [0.2, 0.25) is 0 Å². The number of benzene rings is 2. The van der Waals surface area contributed by atoms with Crippen LogP contribution < -0.4 is 10.2 Å². The smallest absolute Gasteiger partial charge is 0.256 e.